The quantitative estimate of drug-likeness (QED) is 0.681. The summed E-state index contributed by atoms with van der Waals surface area (Å²) in [6, 6.07) is 7.34. The van der Waals surface area contributed by atoms with Crippen LogP contribution in [-0.2, 0) is 4.79 Å². The zero-order valence-electron chi connectivity index (χ0n) is 15.6. The van der Waals surface area contributed by atoms with E-state index in [1.165, 1.54) is 0 Å². The second-order valence-corrected chi connectivity index (χ2v) is 6.62. The molecule has 0 saturated carbocycles. The summed E-state index contributed by atoms with van der Waals surface area (Å²) in [5, 5.41) is 3.28. The zero-order chi connectivity index (χ0) is 19.3. The van der Waals surface area contributed by atoms with Gasteiger partial charge in [-0.15, -0.1) is 0 Å². The summed E-state index contributed by atoms with van der Waals surface area (Å²) < 4.78 is 5.26. The SMILES string of the molecule is Cc1cccnc1Nc1nccnc1[C@@H]1CCCN1C(=O)/C=C/c1ccco1. The molecule has 1 fully saturated rings. The minimum absolute atomic E-state index is 0.0653. The fraction of sp³-hybridized carbons (Fsp3) is 0.238. The van der Waals surface area contributed by atoms with Crippen molar-refractivity contribution in [3.05, 3.63) is 72.2 Å². The van der Waals surface area contributed by atoms with Gasteiger partial charge in [-0.1, -0.05) is 6.07 Å². The first kappa shape index (κ1) is 17.9. The second-order valence-electron chi connectivity index (χ2n) is 6.62. The molecule has 4 heterocycles. The monoisotopic (exact) mass is 375 g/mol. The summed E-state index contributed by atoms with van der Waals surface area (Å²) in [6.07, 6.45) is 11.6. The van der Waals surface area contributed by atoms with Crippen LogP contribution in [0.25, 0.3) is 6.08 Å². The molecule has 1 aliphatic heterocycles. The van der Waals surface area contributed by atoms with Crippen LogP contribution in [0.2, 0.25) is 0 Å². The molecule has 28 heavy (non-hydrogen) atoms. The number of anilines is 2. The number of nitrogens with one attached hydrogen (secondary N) is 1. The number of rotatable bonds is 5. The van der Waals surface area contributed by atoms with Crippen molar-refractivity contribution in [1.29, 1.82) is 0 Å². The van der Waals surface area contributed by atoms with Gasteiger partial charge in [-0.05, 0) is 49.6 Å². The molecule has 7 nitrogen and oxygen atoms in total. The lowest BCUT2D eigenvalue weighted by molar-refractivity contribution is -0.126. The van der Waals surface area contributed by atoms with Gasteiger partial charge < -0.3 is 14.6 Å². The molecule has 1 atom stereocenters. The van der Waals surface area contributed by atoms with Gasteiger partial charge in [0, 0.05) is 31.2 Å². The third kappa shape index (κ3) is 3.78. The van der Waals surface area contributed by atoms with E-state index in [4.69, 9.17) is 4.42 Å². The lowest BCUT2D eigenvalue weighted by Gasteiger charge is -2.24. The summed E-state index contributed by atoms with van der Waals surface area (Å²) >= 11 is 0. The van der Waals surface area contributed by atoms with Gasteiger partial charge in [0.1, 0.15) is 17.3 Å². The van der Waals surface area contributed by atoms with Gasteiger partial charge in [-0.3, -0.25) is 9.78 Å². The van der Waals surface area contributed by atoms with Crippen molar-refractivity contribution in [3.63, 3.8) is 0 Å². The molecule has 1 N–H and O–H groups in total. The van der Waals surface area contributed by atoms with Crippen molar-refractivity contribution in [1.82, 2.24) is 19.9 Å². The van der Waals surface area contributed by atoms with Gasteiger partial charge in [0.25, 0.3) is 0 Å². The maximum atomic E-state index is 12.8. The van der Waals surface area contributed by atoms with Crippen LogP contribution < -0.4 is 5.32 Å². The minimum Gasteiger partial charge on any atom is -0.465 e. The van der Waals surface area contributed by atoms with Gasteiger partial charge in [0.15, 0.2) is 5.82 Å². The fourth-order valence-electron chi connectivity index (χ4n) is 3.37. The number of pyridine rings is 1. The van der Waals surface area contributed by atoms with Crippen LogP contribution in [0.4, 0.5) is 11.6 Å². The Bertz CT molecular complexity index is 984. The first-order chi connectivity index (χ1) is 13.7. The number of hydrogen-bond acceptors (Lipinski definition) is 6. The Balaban J connectivity index is 1.58. The molecular formula is C21H21N5O2. The molecule has 0 bridgehead atoms. The molecule has 4 rings (SSSR count). The molecular weight excluding hydrogens is 354 g/mol. The van der Waals surface area contributed by atoms with E-state index < -0.39 is 0 Å². The van der Waals surface area contributed by atoms with E-state index in [0.29, 0.717) is 18.1 Å². The first-order valence-corrected chi connectivity index (χ1v) is 9.24. The molecule has 0 radical (unpaired) electrons. The normalized spacial score (nSPS) is 16.6. The number of aromatic nitrogens is 3. The van der Waals surface area contributed by atoms with Crippen LogP contribution in [0.15, 0.2) is 59.6 Å². The molecule has 7 heteroatoms. The van der Waals surface area contributed by atoms with Crippen molar-refractivity contribution in [2.45, 2.75) is 25.8 Å². The zero-order valence-corrected chi connectivity index (χ0v) is 15.6. The molecule has 0 aliphatic carbocycles. The van der Waals surface area contributed by atoms with E-state index in [9.17, 15) is 4.79 Å². The summed E-state index contributed by atoms with van der Waals surface area (Å²) in [6.45, 7) is 2.67. The Morgan fingerprint density at radius 3 is 2.86 bits per heavy atom. The number of nitrogens with zero attached hydrogens (tertiary/aromatic N) is 4. The number of aryl methyl sites for hydroxylation is 1. The van der Waals surface area contributed by atoms with Crippen molar-refractivity contribution < 1.29 is 9.21 Å². The topological polar surface area (TPSA) is 84.2 Å². The third-order valence-electron chi connectivity index (χ3n) is 4.76. The highest BCUT2D eigenvalue weighted by Crippen LogP contribution is 2.35. The average Bonchev–Trinajstić information content (AvgIpc) is 3.40. The summed E-state index contributed by atoms with van der Waals surface area (Å²) in [5.41, 5.74) is 1.77. The van der Waals surface area contributed by atoms with Crippen LogP contribution >= 0.6 is 0 Å². The summed E-state index contributed by atoms with van der Waals surface area (Å²) in [4.78, 5) is 28.0. The van der Waals surface area contributed by atoms with Crippen molar-refractivity contribution >= 4 is 23.6 Å². The highest BCUT2D eigenvalue weighted by molar-refractivity contribution is 5.92. The third-order valence-corrected chi connectivity index (χ3v) is 4.76. The van der Waals surface area contributed by atoms with E-state index in [-0.39, 0.29) is 11.9 Å². The number of likely N-dealkylation sites (tertiary alicyclic amines) is 1. The van der Waals surface area contributed by atoms with Crippen molar-refractivity contribution in [2.24, 2.45) is 0 Å². The van der Waals surface area contributed by atoms with Gasteiger partial charge in [0.05, 0.1) is 12.3 Å². The van der Waals surface area contributed by atoms with E-state index in [2.05, 4.69) is 20.3 Å². The first-order valence-electron chi connectivity index (χ1n) is 9.24. The Labute approximate surface area is 163 Å². The molecule has 1 aliphatic rings. The van der Waals surface area contributed by atoms with Crippen LogP contribution in [0.3, 0.4) is 0 Å². The maximum Gasteiger partial charge on any atom is 0.247 e. The van der Waals surface area contributed by atoms with Crippen LogP contribution in [-0.4, -0.2) is 32.3 Å². The Hall–Kier alpha value is -3.48. The lowest BCUT2D eigenvalue weighted by Crippen LogP contribution is -2.30. The highest BCUT2D eigenvalue weighted by atomic mass is 16.3. The summed E-state index contributed by atoms with van der Waals surface area (Å²) in [7, 11) is 0. The van der Waals surface area contributed by atoms with Gasteiger partial charge in [-0.25, -0.2) is 9.97 Å². The van der Waals surface area contributed by atoms with Crippen LogP contribution in [0.1, 0.15) is 35.9 Å². The predicted octanol–water partition coefficient (Wildman–Crippen LogP) is 3.89. The molecule has 1 amide bonds. The number of amides is 1. The van der Waals surface area contributed by atoms with Crippen molar-refractivity contribution in [3.8, 4) is 0 Å². The molecule has 0 unspecified atom stereocenters. The number of furan rings is 1. The predicted molar refractivity (Wildman–Crippen MR) is 106 cm³/mol. The van der Waals surface area contributed by atoms with Gasteiger partial charge >= 0.3 is 0 Å². The standard InChI is InChI=1S/C21H21N5O2/c1-15-5-2-10-23-20(15)25-21-19(22-11-12-24-21)17-7-3-13-26(17)18(27)9-8-16-6-4-14-28-16/h2,4-6,8-12,14,17H,3,7,13H2,1H3,(H,23,24,25)/b9-8+/t17-/m0/s1. The van der Waals surface area contributed by atoms with Crippen LogP contribution in [0, 0.1) is 6.92 Å². The second kappa shape index (κ2) is 8.04. The molecule has 142 valence electrons. The Kier molecular flexibility index (Phi) is 5.14. The van der Waals surface area contributed by atoms with E-state index in [1.807, 2.05) is 30.0 Å². The molecule has 3 aromatic heterocycles. The van der Waals surface area contributed by atoms with Gasteiger partial charge in [-0.2, -0.15) is 0 Å². The Morgan fingerprint density at radius 2 is 2.04 bits per heavy atom. The van der Waals surface area contributed by atoms with E-state index >= 15 is 0 Å². The minimum atomic E-state index is -0.131. The smallest absolute Gasteiger partial charge is 0.247 e. The number of carbonyl (C=O) groups excluding carboxylic acids is 1. The van der Waals surface area contributed by atoms with Crippen LogP contribution in [0.5, 0.6) is 0 Å². The fourth-order valence-corrected chi connectivity index (χ4v) is 3.37. The molecule has 3 aromatic rings. The summed E-state index contributed by atoms with van der Waals surface area (Å²) in [5.74, 6) is 1.95. The van der Waals surface area contributed by atoms with Gasteiger partial charge in [0.2, 0.25) is 5.91 Å². The molecule has 1 saturated heterocycles. The highest BCUT2D eigenvalue weighted by Gasteiger charge is 2.32. The van der Waals surface area contributed by atoms with E-state index in [1.54, 1.807) is 43.1 Å². The number of hydrogen-bond donors (Lipinski definition) is 1. The molecule has 0 aromatic carbocycles. The van der Waals surface area contributed by atoms with Crippen molar-refractivity contribution in [2.75, 3.05) is 11.9 Å². The Morgan fingerprint density at radius 1 is 1.18 bits per heavy atom. The largest absolute Gasteiger partial charge is 0.465 e. The average molecular weight is 375 g/mol. The molecule has 0 spiro atoms. The maximum absolute atomic E-state index is 12.8. The number of carbonyl (C=O) groups is 1. The van der Waals surface area contributed by atoms with E-state index in [0.717, 1.165) is 29.9 Å². The lowest BCUT2D eigenvalue weighted by atomic mass is 10.1.